The summed E-state index contributed by atoms with van der Waals surface area (Å²) in [6, 6.07) is 1.90. The summed E-state index contributed by atoms with van der Waals surface area (Å²) in [7, 11) is 0. The smallest absolute Gasteiger partial charge is 0.242 e. The Morgan fingerprint density at radius 1 is 1.29 bits per heavy atom. The number of hydrogen-bond acceptors (Lipinski definition) is 5. The number of amides is 1. The van der Waals surface area contributed by atoms with E-state index in [0.717, 1.165) is 57.3 Å². The van der Waals surface area contributed by atoms with Crippen molar-refractivity contribution in [1.29, 1.82) is 0 Å². The average molecular weight is 490 g/mol. The van der Waals surface area contributed by atoms with Crippen molar-refractivity contribution in [3.05, 3.63) is 47.4 Å². The SMILES string of the molecule is CCC[C@H](N[C@H]1CCc2cc(F)cc(F)c2C1)C(=O)Nc1cn(C(C)(C)CN2CCOCC2)cn1. The van der Waals surface area contributed by atoms with E-state index < -0.39 is 17.7 Å². The maximum atomic E-state index is 14.3. The van der Waals surface area contributed by atoms with E-state index in [-0.39, 0.29) is 17.5 Å². The van der Waals surface area contributed by atoms with Crippen LogP contribution < -0.4 is 10.6 Å². The van der Waals surface area contributed by atoms with Crippen LogP contribution in [0.3, 0.4) is 0 Å². The molecule has 9 heteroatoms. The van der Waals surface area contributed by atoms with Crippen molar-refractivity contribution in [3.63, 3.8) is 0 Å². The van der Waals surface area contributed by atoms with Gasteiger partial charge in [0.25, 0.3) is 0 Å². The fourth-order valence-corrected chi connectivity index (χ4v) is 5.11. The van der Waals surface area contributed by atoms with Crippen LogP contribution in [0.5, 0.6) is 0 Å². The molecule has 4 rings (SSSR count). The summed E-state index contributed by atoms with van der Waals surface area (Å²) in [5, 5.41) is 6.39. The van der Waals surface area contributed by atoms with Crippen LogP contribution in [-0.4, -0.2) is 65.3 Å². The number of carbonyl (C=O) groups excluding carboxylic acids is 1. The zero-order chi connectivity index (χ0) is 25.0. The van der Waals surface area contributed by atoms with Gasteiger partial charge in [-0.2, -0.15) is 0 Å². The number of benzene rings is 1. The average Bonchev–Trinajstić information content (AvgIpc) is 3.29. The number of morpholine rings is 1. The lowest BCUT2D eigenvalue weighted by Gasteiger charge is -2.35. The number of aryl methyl sites for hydroxylation is 1. The fourth-order valence-electron chi connectivity index (χ4n) is 5.11. The van der Waals surface area contributed by atoms with Crippen molar-refractivity contribution in [1.82, 2.24) is 19.8 Å². The monoisotopic (exact) mass is 489 g/mol. The molecule has 192 valence electrons. The van der Waals surface area contributed by atoms with Crippen LogP contribution in [0.25, 0.3) is 0 Å². The number of nitrogens with zero attached hydrogens (tertiary/aromatic N) is 3. The van der Waals surface area contributed by atoms with Crippen molar-refractivity contribution < 1.29 is 18.3 Å². The second kappa shape index (κ2) is 11.1. The normalized spacial score (nSPS) is 19.9. The lowest BCUT2D eigenvalue weighted by atomic mass is 9.87. The first-order valence-corrected chi connectivity index (χ1v) is 12.6. The molecule has 0 bridgehead atoms. The molecular formula is C26H37F2N5O2. The molecule has 0 unspecified atom stereocenters. The lowest BCUT2D eigenvalue weighted by molar-refractivity contribution is -0.118. The Bertz CT molecular complexity index is 1020. The minimum atomic E-state index is -0.538. The summed E-state index contributed by atoms with van der Waals surface area (Å²) in [6.45, 7) is 10.5. The van der Waals surface area contributed by atoms with Crippen LogP contribution in [0.4, 0.5) is 14.6 Å². The van der Waals surface area contributed by atoms with Crippen molar-refractivity contribution in [2.75, 3.05) is 38.2 Å². The van der Waals surface area contributed by atoms with Gasteiger partial charge in [-0.15, -0.1) is 0 Å². The van der Waals surface area contributed by atoms with E-state index in [1.165, 1.54) is 6.07 Å². The van der Waals surface area contributed by atoms with E-state index in [1.807, 2.05) is 17.7 Å². The number of imidazole rings is 1. The minimum absolute atomic E-state index is 0.0465. The van der Waals surface area contributed by atoms with Gasteiger partial charge in [-0.05, 0) is 56.7 Å². The molecule has 2 aromatic rings. The standard InChI is InChI=1S/C26H37F2N5O2/c1-4-5-23(30-20-7-6-18-12-19(27)13-22(28)21(18)14-20)25(34)31-24-15-33(17-29-24)26(2,3)16-32-8-10-35-11-9-32/h12-13,15,17,20,23,30H,4-11,14,16H2,1-3H3,(H,31,34)/t20-,23-/m0/s1. The minimum Gasteiger partial charge on any atom is -0.379 e. The van der Waals surface area contributed by atoms with Crippen LogP contribution in [0.15, 0.2) is 24.7 Å². The van der Waals surface area contributed by atoms with Gasteiger partial charge in [-0.3, -0.25) is 9.69 Å². The molecule has 1 aliphatic carbocycles. The Morgan fingerprint density at radius 3 is 2.80 bits per heavy atom. The molecular weight excluding hydrogens is 452 g/mol. The largest absolute Gasteiger partial charge is 0.379 e. The van der Waals surface area contributed by atoms with Gasteiger partial charge in [-0.1, -0.05) is 13.3 Å². The summed E-state index contributed by atoms with van der Waals surface area (Å²) < 4.78 is 35.3. The zero-order valence-corrected chi connectivity index (χ0v) is 20.9. The van der Waals surface area contributed by atoms with Gasteiger partial charge >= 0.3 is 0 Å². The third-order valence-corrected chi connectivity index (χ3v) is 7.04. The highest BCUT2D eigenvalue weighted by Gasteiger charge is 2.28. The molecule has 0 saturated carbocycles. The molecule has 0 spiro atoms. The molecule has 2 heterocycles. The molecule has 0 radical (unpaired) electrons. The van der Waals surface area contributed by atoms with Gasteiger partial charge in [0.05, 0.1) is 31.1 Å². The molecule has 1 aromatic carbocycles. The first-order chi connectivity index (χ1) is 16.7. The number of anilines is 1. The third-order valence-electron chi connectivity index (χ3n) is 7.04. The van der Waals surface area contributed by atoms with Crippen molar-refractivity contribution in [3.8, 4) is 0 Å². The van der Waals surface area contributed by atoms with Crippen LogP contribution in [0.2, 0.25) is 0 Å². The summed E-state index contributed by atoms with van der Waals surface area (Å²) in [4.78, 5) is 19.9. The summed E-state index contributed by atoms with van der Waals surface area (Å²) in [5.41, 5.74) is 1.09. The Kier molecular flexibility index (Phi) is 8.19. The van der Waals surface area contributed by atoms with Gasteiger partial charge in [-0.25, -0.2) is 13.8 Å². The van der Waals surface area contributed by atoms with Crippen LogP contribution in [-0.2, 0) is 27.9 Å². The quantitative estimate of drug-likeness (QED) is 0.564. The van der Waals surface area contributed by atoms with Crippen molar-refractivity contribution >= 4 is 11.7 Å². The molecule has 1 amide bonds. The molecule has 1 aromatic heterocycles. The van der Waals surface area contributed by atoms with Gasteiger partial charge in [0.2, 0.25) is 5.91 Å². The molecule has 2 N–H and O–H groups in total. The first-order valence-electron chi connectivity index (χ1n) is 12.6. The predicted octanol–water partition coefficient (Wildman–Crippen LogP) is 3.48. The highest BCUT2D eigenvalue weighted by Crippen LogP contribution is 2.26. The number of carbonyl (C=O) groups is 1. The molecule has 35 heavy (non-hydrogen) atoms. The second-order valence-electron chi connectivity index (χ2n) is 10.3. The highest BCUT2D eigenvalue weighted by molar-refractivity contribution is 5.94. The Labute approximate surface area is 206 Å². The van der Waals surface area contributed by atoms with E-state index in [0.29, 0.717) is 30.6 Å². The van der Waals surface area contributed by atoms with Gasteiger partial charge in [0, 0.05) is 37.9 Å². The molecule has 2 atom stereocenters. The number of ether oxygens (including phenoxy) is 1. The van der Waals surface area contributed by atoms with E-state index in [4.69, 9.17) is 4.74 Å². The van der Waals surface area contributed by atoms with Crippen molar-refractivity contribution in [2.24, 2.45) is 0 Å². The molecule has 7 nitrogen and oxygen atoms in total. The third kappa shape index (κ3) is 6.45. The highest BCUT2D eigenvalue weighted by atomic mass is 19.1. The number of fused-ring (bicyclic) bond motifs is 1. The van der Waals surface area contributed by atoms with Gasteiger partial charge < -0.3 is 19.9 Å². The Morgan fingerprint density at radius 2 is 2.06 bits per heavy atom. The maximum Gasteiger partial charge on any atom is 0.242 e. The lowest BCUT2D eigenvalue weighted by Crippen LogP contribution is -2.48. The van der Waals surface area contributed by atoms with E-state index >= 15 is 0 Å². The zero-order valence-electron chi connectivity index (χ0n) is 20.9. The van der Waals surface area contributed by atoms with E-state index in [9.17, 15) is 13.6 Å². The first kappa shape index (κ1) is 25.7. The molecule has 1 saturated heterocycles. The van der Waals surface area contributed by atoms with E-state index in [1.54, 1.807) is 6.33 Å². The predicted molar refractivity (Wildman–Crippen MR) is 131 cm³/mol. The number of nitrogens with one attached hydrogen (secondary N) is 2. The molecule has 2 aliphatic rings. The summed E-state index contributed by atoms with van der Waals surface area (Å²) >= 11 is 0. The van der Waals surface area contributed by atoms with E-state index in [2.05, 4.69) is 34.4 Å². The van der Waals surface area contributed by atoms with Crippen LogP contribution in [0.1, 0.15) is 51.2 Å². The van der Waals surface area contributed by atoms with Crippen LogP contribution >= 0.6 is 0 Å². The summed E-state index contributed by atoms with van der Waals surface area (Å²) in [5.74, 6) is -0.673. The molecule has 1 fully saturated rings. The number of aromatic nitrogens is 2. The van der Waals surface area contributed by atoms with Gasteiger partial charge in [0.15, 0.2) is 5.82 Å². The molecule has 1 aliphatic heterocycles. The Hall–Kier alpha value is -2.36. The van der Waals surface area contributed by atoms with Crippen molar-refractivity contribution in [2.45, 2.75) is 70.5 Å². The fraction of sp³-hybridized carbons (Fsp3) is 0.615. The topological polar surface area (TPSA) is 71.4 Å². The van der Waals surface area contributed by atoms with Gasteiger partial charge in [0.1, 0.15) is 11.6 Å². The second-order valence-corrected chi connectivity index (χ2v) is 10.3. The Balaban J connectivity index is 1.37. The number of rotatable bonds is 9. The summed E-state index contributed by atoms with van der Waals surface area (Å²) in [6.07, 6.45) is 6.89. The number of halogens is 2. The maximum absolute atomic E-state index is 14.3. The van der Waals surface area contributed by atoms with Crippen LogP contribution in [0, 0.1) is 11.6 Å². The number of hydrogen-bond donors (Lipinski definition) is 2.